The number of guanidine groups is 1. The van der Waals surface area contributed by atoms with Gasteiger partial charge in [0.1, 0.15) is 17.7 Å². The highest BCUT2D eigenvalue weighted by molar-refractivity contribution is 5.80. The van der Waals surface area contributed by atoms with Crippen molar-refractivity contribution in [2.24, 2.45) is 4.99 Å². The van der Waals surface area contributed by atoms with Gasteiger partial charge in [-0.3, -0.25) is 4.99 Å². The first-order valence-corrected chi connectivity index (χ1v) is 10.8. The number of rotatable bonds is 4. The molecule has 0 saturated carbocycles. The summed E-state index contributed by atoms with van der Waals surface area (Å²) in [5, 5.41) is 3.50. The fourth-order valence-corrected chi connectivity index (χ4v) is 4.12. The second-order valence-electron chi connectivity index (χ2n) is 7.88. The summed E-state index contributed by atoms with van der Waals surface area (Å²) in [6.07, 6.45) is 1.73. The van der Waals surface area contributed by atoms with Crippen molar-refractivity contribution >= 4 is 11.8 Å². The fraction of sp³-hybridized carbons (Fsp3) is 0.478. The summed E-state index contributed by atoms with van der Waals surface area (Å²) in [6, 6.07) is 10.6. The third-order valence-corrected chi connectivity index (χ3v) is 5.63. The minimum Gasteiger partial charge on any atom is -0.378 e. The molecule has 31 heavy (non-hydrogen) atoms. The average Bonchev–Trinajstić information content (AvgIpc) is 2.80. The number of ether oxygens (including phenoxy) is 2. The number of hydrogen-bond donors (Lipinski definition) is 1. The van der Waals surface area contributed by atoms with Crippen molar-refractivity contribution < 1.29 is 13.9 Å². The SMILES string of the molecule is CN=C(NCc1cccnc1N1CCOCC1)N1CC(C)OC(c2ccc(F)cc2)C1. The first-order valence-electron chi connectivity index (χ1n) is 10.8. The Morgan fingerprint density at radius 2 is 1.97 bits per heavy atom. The number of pyridine rings is 1. The first-order chi connectivity index (χ1) is 15.1. The summed E-state index contributed by atoms with van der Waals surface area (Å²) in [6.45, 7) is 7.20. The van der Waals surface area contributed by atoms with Crippen molar-refractivity contribution in [1.29, 1.82) is 0 Å². The average molecular weight is 428 g/mol. The number of nitrogens with zero attached hydrogens (tertiary/aromatic N) is 4. The maximum atomic E-state index is 13.3. The fourth-order valence-electron chi connectivity index (χ4n) is 4.12. The molecule has 8 heteroatoms. The Kier molecular flexibility index (Phi) is 6.99. The minimum atomic E-state index is -0.241. The molecule has 1 aromatic carbocycles. The molecule has 1 aromatic heterocycles. The van der Waals surface area contributed by atoms with Crippen LogP contribution in [0.2, 0.25) is 0 Å². The number of morpholine rings is 2. The molecule has 1 N–H and O–H groups in total. The molecular weight excluding hydrogens is 397 g/mol. The molecule has 2 saturated heterocycles. The maximum absolute atomic E-state index is 13.3. The molecule has 2 unspecified atom stereocenters. The molecule has 2 aliphatic rings. The number of hydrogen-bond acceptors (Lipinski definition) is 5. The van der Waals surface area contributed by atoms with Gasteiger partial charge in [0.25, 0.3) is 0 Å². The Balaban J connectivity index is 1.44. The lowest BCUT2D eigenvalue weighted by Gasteiger charge is -2.39. The topological polar surface area (TPSA) is 62.2 Å². The summed E-state index contributed by atoms with van der Waals surface area (Å²) in [4.78, 5) is 13.6. The van der Waals surface area contributed by atoms with Crippen LogP contribution in [0.3, 0.4) is 0 Å². The monoisotopic (exact) mass is 427 g/mol. The number of benzene rings is 1. The predicted molar refractivity (Wildman–Crippen MR) is 119 cm³/mol. The van der Waals surface area contributed by atoms with E-state index in [1.165, 1.54) is 12.1 Å². The molecular formula is C23H30FN5O2. The van der Waals surface area contributed by atoms with Gasteiger partial charge >= 0.3 is 0 Å². The summed E-state index contributed by atoms with van der Waals surface area (Å²) in [5.74, 6) is 1.57. The van der Waals surface area contributed by atoms with E-state index in [1.54, 1.807) is 19.2 Å². The van der Waals surface area contributed by atoms with E-state index in [-0.39, 0.29) is 18.0 Å². The lowest BCUT2D eigenvalue weighted by atomic mass is 10.1. The summed E-state index contributed by atoms with van der Waals surface area (Å²) in [7, 11) is 1.79. The molecule has 2 aliphatic heterocycles. The van der Waals surface area contributed by atoms with E-state index in [0.717, 1.165) is 55.8 Å². The standard InChI is InChI=1S/C23H30FN5O2/c1-17-15-29(16-21(31-17)18-5-7-20(24)8-6-18)23(25-2)27-14-19-4-3-9-26-22(19)28-10-12-30-13-11-28/h3-9,17,21H,10-16H2,1-2H3,(H,25,27). The van der Waals surface area contributed by atoms with Crippen LogP contribution >= 0.6 is 0 Å². The molecule has 0 amide bonds. The third kappa shape index (κ3) is 5.32. The number of aromatic nitrogens is 1. The van der Waals surface area contributed by atoms with Gasteiger partial charge in [-0.15, -0.1) is 0 Å². The van der Waals surface area contributed by atoms with Crippen molar-refractivity contribution in [1.82, 2.24) is 15.2 Å². The number of aliphatic imine (C=N–C) groups is 1. The molecule has 2 atom stereocenters. The Labute approximate surface area is 182 Å². The van der Waals surface area contributed by atoms with Gasteiger partial charge in [0.05, 0.1) is 25.9 Å². The van der Waals surface area contributed by atoms with E-state index in [0.29, 0.717) is 13.1 Å². The Morgan fingerprint density at radius 1 is 1.19 bits per heavy atom. The second-order valence-corrected chi connectivity index (χ2v) is 7.88. The van der Waals surface area contributed by atoms with E-state index in [1.807, 2.05) is 19.2 Å². The molecule has 3 heterocycles. The van der Waals surface area contributed by atoms with Gasteiger partial charge in [-0.25, -0.2) is 9.37 Å². The summed E-state index contributed by atoms with van der Waals surface area (Å²) in [5.41, 5.74) is 2.09. The Hall–Kier alpha value is -2.71. The van der Waals surface area contributed by atoms with Gasteiger partial charge in [-0.05, 0) is 30.7 Å². The number of nitrogens with one attached hydrogen (secondary N) is 1. The molecule has 0 aliphatic carbocycles. The van der Waals surface area contributed by atoms with Crippen LogP contribution in [-0.2, 0) is 16.0 Å². The van der Waals surface area contributed by atoms with E-state index in [2.05, 4.69) is 31.2 Å². The first kappa shape index (κ1) is 21.5. The van der Waals surface area contributed by atoms with Crippen LogP contribution in [0.5, 0.6) is 0 Å². The van der Waals surface area contributed by atoms with Crippen molar-refractivity contribution in [3.05, 3.63) is 59.5 Å². The minimum absolute atomic E-state index is 0.0321. The van der Waals surface area contributed by atoms with E-state index in [9.17, 15) is 4.39 Å². The summed E-state index contributed by atoms with van der Waals surface area (Å²) >= 11 is 0. The zero-order valence-corrected chi connectivity index (χ0v) is 18.1. The van der Waals surface area contributed by atoms with Crippen molar-refractivity contribution in [2.75, 3.05) is 51.3 Å². The zero-order valence-electron chi connectivity index (χ0n) is 18.1. The van der Waals surface area contributed by atoms with Crippen LogP contribution in [0.1, 0.15) is 24.2 Å². The Morgan fingerprint density at radius 3 is 2.71 bits per heavy atom. The number of halogens is 1. The molecule has 0 bridgehead atoms. The van der Waals surface area contributed by atoms with Crippen LogP contribution < -0.4 is 10.2 Å². The maximum Gasteiger partial charge on any atom is 0.194 e. The highest BCUT2D eigenvalue weighted by Crippen LogP contribution is 2.26. The molecule has 166 valence electrons. The van der Waals surface area contributed by atoms with Crippen LogP contribution in [0, 0.1) is 5.82 Å². The van der Waals surface area contributed by atoms with Crippen LogP contribution in [-0.4, -0.2) is 68.4 Å². The smallest absolute Gasteiger partial charge is 0.194 e. The molecule has 2 fully saturated rings. The molecule has 7 nitrogen and oxygen atoms in total. The van der Waals surface area contributed by atoms with Crippen molar-refractivity contribution in [3.63, 3.8) is 0 Å². The normalized spacial score (nSPS) is 22.5. The van der Waals surface area contributed by atoms with Crippen LogP contribution in [0.25, 0.3) is 0 Å². The van der Waals surface area contributed by atoms with Gasteiger partial charge in [0.2, 0.25) is 0 Å². The van der Waals surface area contributed by atoms with Crippen molar-refractivity contribution in [3.8, 4) is 0 Å². The zero-order chi connectivity index (χ0) is 21.6. The number of anilines is 1. The van der Waals surface area contributed by atoms with E-state index < -0.39 is 0 Å². The van der Waals surface area contributed by atoms with Gasteiger partial charge in [0.15, 0.2) is 5.96 Å². The lowest BCUT2D eigenvalue weighted by molar-refractivity contribution is -0.0605. The quantitative estimate of drug-likeness (QED) is 0.598. The van der Waals surface area contributed by atoms with Gasteiger partial charge in [-0.2, -0.15) is 0 Å². The van der Waals surface area contributed by atoms with Crippen LogP contribution in [0.4, 0.5) is 10.2 Å². The molecule has 0 radical (unpaired) electrons. The Bertz CT molecular complexity index is 886. The lowest BCUT2D eigenvalue weighted by Crippen LogP contribution is -2.50. The van der Waals surface area contributed by atoms with Gasteiger partial charge in [0, 0.05) is 45.0 Å². The third-order valence-electron chi connectivity index (χ3n) is 5.63. The highest BCUT2D eigenvalue weighted by Gasteiger charge is 2.28. The van der Waals surface area contributed by atoms with E-state index >= 15 is 0 Å². The summed E-state index contributed by atoms with van der Waals surface area (Å²) < 4.78 is 24.9. The van der Waals surface area contributed by atoms with Crippen LogP contribution in [0.15, 0.2) is 47.6 Å². The largest absolute Gasteiger partial charge is 0.378 e. The van der Waals surface area contributed by atoms with E-state index in [4.69, 9.17) is 9.47 Å². The second kappa shape index (κ2) is 10.1. The molecule has 4 rings (SSSR count). The molecule has 2 aromatic rings. The highest BCUT2D eigenvalue weighted by atomic mass is 19.1. The van der Waals surface area contributed by atoms with Gasteiger partial charge in [-0.1, -0.05) is 18.2 Å². The predicted octanol–water partition coefficient (Wildman–Crippen LogP) is 2.59. The molecule has 0 spiro atoms. The van der Waals surface area contributed by atoms with Crippen molar-refractivity contribution in [2.45, 2.75) is 25.7 Å². The van der Waals surface area contributed by atoms with Gasteiger partial charge < -0.3 is 24.6 Å².